The molecule has 0 aromatic heterocycles. The fourth-order valence-corrected chi connectivity index (χ4v) is 6.06. The third kappa shape index (κ3) is 3.50. The van der Waals surface area contributed by atoms with Gasteiger partial charge in [0, 0.05) is 9.92 Å². The molecule has 0 saturated carbocycles. The van der Waals surface area contributed by atoms with Crippen LogP contribution in [0.4, 0.5) is 0 Å². The molecule has 0 unspecified atom stereocenters. The lowest BCUT2D eigenvalue weighted by atomic mass is 10.4. The Morgan fingerprint density at radius 2 is 1.64 bits per heavy atom. The Labute approximate surface area is 100 Å². The van der Waals surface area contributed by atoms with Gasteiger partial charge in [0.15, 0.2) is 0 Å². The first-order valence-corrected chi connectivity index (χ1v) is 10.1. The molecule has 0 heterocycles. The highest BCUT2D eigenvalue weighted by Crippen LogP contribution is 2.38. The molecule has 14 heavy (non-hydrogen) atoms. The molecule has 0 aliphatic rings. The number of rotatable bonds is 4. The number of halogens is 2. The lowest BCUT2D eigenvalue weighted by Crippen LogP contribution is -2.19. The summed E-state index contributed by atoms with van der Waals surface area (Å²) in [6.07, 6.45) is 0. The van der Waals surface area contributed by atoms with E-state index in [1.165, 1.54) is 4.90 Å². The lowest BCUT2D eigenvalue weighted by Gasteiger charge is -2.19. The number of hydrogen-bond donors (Lipinski definition) is 0. The van der Waals surface area contributed by atoms with Gasteiger partial charge in [-0.05, 0) is 36.4 Å². The average molecular weight is 265 g/mol. The molecule has 1 aromatic carbocycles. The molecule has 1 aromatic rings. The molecule has 0 bridgehead atoms. The molecule has 0 saturated heterocycles. The molecule has 1 rings (SSSR count). The maximum atomic E-state index is 6.55. The van der Waals surface area contributed by atoms with Crippen LogP contribution in [0.3, 0.4) is 0 Å². The Morgan fingerprint density at radius 1 is 1.14 bits per heavy atom. The molecule has 0 atom stereocenters. The van der Waals surface area contributed by atoms with E-state index in [2.05, 4.69) is 13.8 Å². The highest BCUT2D eigenvalue weighted by atomic mass is 35.6. The third-order valence-electron chi connectivity index (χ3n) is 2.17. The molecule has 0 radical (unpaired) electrons. The standard InChI is InChI=1S/C10H14Cl2SSi/c1-3-14(12,4-2)13-10-7-5-9(11)6-8-10/h5-8H,3-4H2,1-2H3. The lowest BCUT2D eigenvalue weighted by molar-refractivity contribution is 1.33. The van der Waals surface area contributed by atoms with Gasteiger partial charge in [0.2, 0.25) is 6.53 Å². The molecule has 0 aliphatic heterocycles. The van der Waals surface area contributed by atoms with Crippen molar-refractivity contribution in [2.45, 2.75) is 30.8 Å². The first-order valence-electron chi connectivity index (χ1n) is 4.73. The zero-order valence-corrected chi connectivity index (χ0v) is 11.7. The number of hydrogen-bond acceptors (Lipinski definition) is 1. The Morgan fingerprint density at radius 3 is 2.07 bits per heavy atom. The summed E-state index contributed by atoms with van der Waals surface area (Å²) >= 11 is 14.2. The third-order valence-corrected chi connectivity index (χ3v) is 11.2. The monoisotopic (exact) mass is 264 g/mol. The molecule has 0 spiro atoms. The van der Waals surface area contributed by atoms with Gasteiger partial charge in [0.1, 0.15) is 0 Å². The Balaban J connectivity index is 2.72. The summed E-state index contributed by atoms with van der Waals surface area (Å²) in [7, 11) is 0. The molecular weight excluding hydrogens is 251 g/mol. The molecular formula is C10H14Cl2SSi. The van der Waals surface area contributed by atoms with Gasteiger partial charge in [-0.15, -0.1) is 11.2 Å². The zero-order chi connectivity index (χ0) is 10.6. The molecule has 0 fully saturated rings. The van der Waals surface area contributed by atoms with Crippen LogP contribution in [0.15, 0.2) is 29.2 Å². The second kappa shape index (κ2) is 5.45. The SMILES string of the molecule is CC[Si](Cl)(CC)Sc1ccc(Cl)cc1. The average Bonchev–Trinajstić information content (AvgIpc) is 2.21. The second-order valence-corrected chi connectivity index (χ2v) is 13.2. The summed E-state index contributed by atoms with van der Waals surface area (Å²) in [6, 6.07) is 10.1. The Bertz CT molecular complexity index is 283. The second-order valence-electron chi connectivity index (χ2n) is 3.15. The van der Waals surface area contributed by atoms with Crippen molar-refractivity contribution in [3.05, 3.63) is 29.3 Å². The minimum absolute atomic E-state index is 0.782. The van der Waals surface area contributed by atoms with Gasteiger partial charge >= 0.3 is 0 Å². The van der Waals surface area contributed by atoms with Crippen LogP contribution in [0.1, 0.15) is 13.8 Å². The van der Waals surface area contributed by atoms with E-state index in [0.717, 1.165) is 17.1 Å². The van der Waals surface area contributed by atoms with Gasteiger partial charge in [0.25, 0.3) is 0 Å². The van der Waals surface area contributed by atoms with E-state index in [0.29, 0.717) is 0 Å². The van der Waals surface area contributed by atoms with E-state index in [4.69, 9.17) is 22.7 Å². The molecule has 0 nitrogen and oxygen atoms in total. The Kier molecular flexibility index (Phi) is 4.84. The van der Waals surface area contributed by atoms with Gasteiger partial charge in [0.05, 0.1) is 0 Å². The van der Waals surface area contributed by atoms with Crippen molar-refractivity contribution in [2.24, 2.45) is 0 Å². The van der Waals surface area contributed by atoms with Crippen LogP contribution in [0.25, 0.3) is 0 Å². The molecule has 0 amide bonds. The van der Waals surface area contributed by atoms with Crippen LogP contribution >= 0.6 is 33.9 Å². The van der Waals surface area contributed by atoms with Crippen molar-refractivity contribution in [3.63, 3.8) is 0 Å². The van der Waals surface area contributed by atoms with Gasteiger partial charge in [-0.1, -0.05) is 25.4 Å². The minimum Gasteiger partial charge on any atom is -0.152 e. The topological polar surface area (TPSA) is 0 Å². The van der Waals surface area contributed by atoms with Crippen LogP contribution < -0.4 is 0 Å². The fourth-order valence-electron chi connectivity index (χ4n) is 1.11. The fraction of sp³-hybridized carbons (Fsp3) is 0.400. The summed E-state index contributed by atoms with van der Waals surface area (Å²) in [6.45, 7) is 2.73. The van der Waals surface area contributed by atoms with Crippen molar-refractivity contribution in [3.8, 4) is 0 Å². The Hall–Kier alpha value is 0.367. The first-order chi connectivity index (χ1) is 6.59. The van der Waals surface area contributed by atoms with Crippen molar-refractivity contribution in [1.82, 2.24) is 0 Å². The van der Waals surface area contributed by atoms with E-state index in [1.54, 1.807) is 0 Å². The summed E-state index contributed by atoms with van der Waals surface area (Å²) in [5, 5.41) is 0.782. The maximum Gasteiger partial charge on any atom is 0.219 e. The van der Waals surface area contributed by atoms with Gasteiger partial charge in [-0.3, -0.25) is 0 Å². The first kappa shape index (κ1) is 12.4. The van der Waals surface area contributed by atoms with E-state index in [1.807, 2.05) is 35.5 Å². The zero-order valence-electron chi connectivity index (χ0n) is 8.39. The van der Waals surface area contributed by atoms with E-state index in [9.17, 15) is 0 Å². The van der Waals surface area contributed by atoms with Crippen LogP contribution in [0, 0.1) is 0 Å². The summed E-state index contributed by atoms with van der Waals surface area (Å²) in [4.78, 5) is 1.24. The van der Waals surface area contributed by atoms with E-state index in [-0.39, 0.29) is 0 Å². The van der Waals surface area contributed by atoms with E-state index >= 15 is 0 Å². The summed E-state index contributed by atoms with van der Waals surface area (Å²) < 4.78 is 0. The predicted octanol–water partition coefficient (Wildman–Crippen LogP) is 5.15. The van der Waals surface area contributed by atoms with Crippen molar-refractivity contribution in [2.75, 3.05) is 0 Å². The minimum atomic E-state index is -1.61. The highest BCUT2D eigenvalue weighted by Gasteiger charge is 2.27. The molecule has 4 heteroatoms. The molecule has 78 valence electrons. The van der Waals surface area contributed by atoms with Crippen molar-refractivity contribution >= 4 is 40.4 Å². The van der Waals surface area contributed by atoms with Crippen LogP contribution in [0.2, 0.25) is 17.1 Å². The predicted molar refractivity (Wildman–Crippen MR) is 69.9 cm³/mol. The maximum absolute atomic E-state index is 6.55. The van der Waals surface area contributed by atoms with Crippen LogP contribution in [-0.2, 0) is 0 Å². The van der Waals surface area contributed by atoms with E-state index < -0.39 is 6.53 Å². The highest BCUT2D eigenvalue weighted by molar-refractivity contribution is 8.33. The molecule has 0 aliphatic carbocycles. The van der Waals surface area contributed by atoms with Gasteiger partial charge < -0.3 is 0 Å². The normalized spacial score (nSPS) is 11.7. The summed E-state index contributed by atoms with van der Waals surface area (Å²) in [5.41, 5.74) is 0. The van der Waals surface area contributed by atoms with Crippen molar-refractivity contribution in [1.29, 1.82) is 0 Å². The van der Waals surface area contributed by atoms with Crippen LogP contribution in [0.5, 0.6) is 0 Å². The van der Waals surface area contributed by atoms with Gasteiger partial charge in [-0.2, -0.15) is 11.1 Å². The van der Waals surface area contributed by atoms with Crippen molar-refractivity contribution < 1.29 is 0 Å². The summed E-state index contributed by atoms with van der Waals surface area (Å²) in [5.74, 6) is 0. The molecule has 0 N–H and O–H groups in total. The smallest absolute Gasteiger partial charge is 0.152 e. The largest absolute Gasteiger partial charge is 0.219 e. The van der Waals surface area contributed by atoms with Crippen LogP contribution in [-0.4, -0.2) is 6.53 Å². The number of benzene rings is 1. The quantitative estimate of drug-likeness (QED) is 0.535. The van der Waals surface area contributed by atoms with Gasteiger partial charge in [-0.25, -0.2) is 0 Å².